The first-order valence-corrected chi connectivity index (χ1v) is 13.0. The lowest BCUT2D eigenvalue weighted by Crippen LogP contribution is -2.60. The van der Waals surface area contributed by atoms with Crippen LogP contribution < -0.4 is 0 Å². The van der Waals surface area contributed by atoms with Gasteiger partial charge in [0.1, 0.15) is 11.6 Å². The molecule has 174 valence electrons. The molecule has 4 nitrogen and oxygen atoms in total. The number of ketones is 2. The molecule has 4 saturated carbocycles. The number of hydrogen-bond donors (Lipinski definition) is 0. The van der Waals surface area contributed by atoms with Crippen molar-refractivity contribution in [3.05, 3.63) is 0 Å². The minimum Gasteiger partial charge on any atom is -0.466 e. The number of ether oxygens (including phenoxy) is 1. The van der Waals surface area contributed by atoms with Gasteiger partial charge in [-0.05, 0) is 92.8 Å². The maximum atomic E-state index is 13.9. The zero-order valence-corrected chi connectivity index (χ0v) is 20.1. The first-order valence-electron chi connectivity index (χ1n) is 13.0. The van der Waals surface area contributed by atoms with E-state index < -0.39 is 0 Å². The molecule has 0 spiro atoms. The molecule has 0 radical (unpaired) electrons. The van der Waals surface area contributed by atoms with Crippen LogP contribution in [0.15, 0.2) is 0 Å². The van der Waals surface area contributed by atoms with Crippen LogP contribution in [0.3, 0.4) is 0 Å². The Hall–Kier alpha value is -1.19. The highest BCUT2D eigenvalue weighted by Gasteiger charge is 2.64. The SMILES string of the molecule is CCOC(=O)CCC[C@H]1CCC2C3C(=O)[C@@H](CC)C4CC(=O)CCC4(C)C3CCC21C. The van der Waals surface area contributed by atoms with Crippen LogP contribution in [0, 0.1) is 46.3 Å². The van der Waals surface area contributed by atoms with Gasteiger partial charge in [-0.1, -0.05) is 20.8 Å². The highest BCUT2D eigenvalue weighted by molar-refractivity contribution is 5.88. The summed E-state index contributed by atoms with van der Waals surface area (Å²) in [5.74, 6) is 2.85. The summed E-state index contributed by atoms with van der Waals surface area (Å²) < 4.78 is 5.11. The second kappa shape index (κ2) is 8.63. The zero-order chi connectivity index (χ0) is 22.4. The summed E-state index contributed by atoms with van der Waals surface area (Å²) in [5, 5.41) is 0. The van der Waals surface area contributed by atoms with Crippen molar-refractivity contribution in [2.75, 3.05) is 6.61 Å². The van der Waals surface area contributed by atoms with E-state index in [-0.39, 0.29) is 34.6 Å². The molecule has 0 bridgehead atoms. The first-order chi connectivity index (χ1) is 14.8. The predicted octanol–water partition coefficient (Wildman–Crippen LogP) is 5.76. The van der Waals surface area contributed by atoms with Gasteiger partial charge in [0.15, 0.2) is 0 Å². The van der Waals surface area contributed by atoms with E-state index in [0.29, 0.717) is 55.2 Å². The van der Waals surface area contributed by atoms with Gasteiger partial charge in [0.05, 0.1) is 6.61 Å². The Labute approximate surface area is 188 Å². The van der Waals surface area contributed by atoms with Crippen LogP contribution >= 0.6 is 0 Å². The molecule has 0 aromatic carbocycles. The molecular weight excluding hydrogens is 388 g/mol. The normalized spacial score (nSPS) is 44.4. The fourth-order valence-corrected chi connectivity index (χ4v) is 8.75. The lowest BCUT2D eigenvalue weighted by Gasteiger charge is -2.61. The van der Waals surface area contributed by atoms with Crippen LogP contribution in [0.4, 0.5) is 0 Å². The van der Waals surface area contributed by atoms with E-state index in [1.807, 2.05) is 6.92 Å². The monoisotopic (exact) mass is 430 g/mol. The summed E-state index contributed by atoms with van der Waals surface area (Å²) in [4.78, 5) is 38.0. The van der Waals surface area contributed by atoms with Crippen molar-refractivity contribution in [3.8, 4) is 0 Å². The smallest absolute Gasteiger partial charge is 0.305 e. The molecule has 0 heterocycles. The highest BCUT2D eigenvalue weighted by atomic mass is 16.5. The Morgan fingerprint density at radius 2 is 1.74 bits per heavy atom. The summed E-state index contributed by atoms with van der Waals surface area (Å²) >= 11 is 0. The van der Waals surface area contributed by atoms with E-state index in [9.17, 15) is 14.4 Å². The highest BCUT2D eigenvalue weighted by Crippen LogP contribution is 2.68. The van der Waals surface area contributed by atoms with Gasteiger partial charge in [-0.2, -0.15) is 0 Å². The van der Waals surface area contributed by atoms with Gasteiger partial charge < -0.3 is 4.74 Å². The average Bonchev–Trinajstić information content (AvgIpc) is 3.06. The lowest BCUT2D eigenvalue weighted by atomic mass is 9.42. The van der Waals surface area contributed by atoms with Crippen LogP contribution in [0.1, 0.15) is 98.3 Å². The molecular formula is C27H42O4. The number of rotatable bonds is 6. The maximum absolute atomic E-state index is 13.9. The molecule has 0 aromatic rings. The Morgan fingerprint density at radius 1 is 1.00 bits per heavy atom. The van der Waals surface area contributed by atoms with Crippen molar-refractivity contribution >= 4 is 17.5 Å². The van der Waals surface area contributed by atoms with Crippen molar-refractivity contribution in [3.63, 3.8) is 0 Å². The van der Waals surface area contributed by atoms with Crippen molar-refractivity contribution in [1.29, 1.82) is 0 Å². The summed E-state index contributed by atoms with van der Waals surface area (Å²) in [7, 11) is 0. The number of esters is 1. The van der Waals surface area contributed by atoms with E-state index in [1.165, 1.54) is 12.8 Å². The van der Waals surface area contributed by atoms with E-state index in [2.05, 4.69) is 20.8 Å². The van der Waals surface area contributed by atoms with Crippen molar-refractivity contribution in [1.82, 2.24) is 0 Å². The van der Waals surface area contributed by atoms with Crippen LogP contribution in [0.25, 0.3) is 0 Å². The van der Waals surface area contributed by atoms with E-state index in [4.69, 9.17) is 4.74 Å². The summed E-state index contributed by atoms with van der Waals surface area (Å²) in [5.41, 5.74) is 0.369. The fourth-order valence-electron chi connectivity index (χ4n) is 8.75. The number of Topliss-reactive ketones (excluding diaryl/α,β-unsaturated/α-hetero) is 2. The van der Waals surface area contributed by atoms with Crippen molar-refractivity contribution < 1.29 is 19.1 Å². The molecule has 8 atom stereocenters. The van der Waals surface area contributed by atoms with E-state index in [1.54, 1.807) is 0 Å². The molecule has 4 rings (SSSR count). The number of carbonyl (C=O) groups is 3. The number of fused-ring (bicyclic) bond motifs is 5. The van der Waals surface area contributed by atoms with Crippen LogP contribution in [-0.2, 0) is 19.1 Å². The molecule has 0 N–H and O–H groups in total. The Balaban J connectivity index is 1.53. The van der Waals surface area contributed by atoms with Crippen molar-refractivity contribution in [2.45, 2.75) is 98.3 Å². The van der Waals surface area contributed by atoms with Gasteiger partial charge in [0.2, 0.25) is 0 Å². The molecule has 4 heteroatoms. The van der Waals surface area contributed by atoms with Crippen LogP contribution in [-0.4, -0.2) is 24.1 Å². The predicted molar refractivity (Wildman–Crippen MR) is 120 cm³/mol. The van der Waals surface area contributed by atoms with E-state index in [0.717, 1.165) is 38.5 Å². The third-order valence-corrected chi connectivity index (χ3v) is 10.4. The molecule has 6 unspecified atom stereocenters. The Kier molecular flexibility index (Phi) is 6.40. The lowest BCUT2D eigenvalue weighted by molar-refractivity contribution is -0.169. The quantitative estimate of drug-likeness (QED) is 0.502. The Morgan fingerprint density at radius 3 is 2.45 bits per heavy atom. The van der Waals surface area contributed by atoms with Gasteiger partial charge in [0.25, 0.3) is 0 Å². The zero-order valence-electron chi connectivity index (χ0n) is 20.1. The molecule has 4 aliphatic carbocycles. The molecule has 0 aliphatic heterocycles. The van der Waals surface area contributed by atoms with Gasteiger partial charge in [-0.15, -0.1) is 0 Å². The number of carbonyl (C=O) groups excluding carboxylic acids is 3. The Bertz CT molecular complexity index is 729. The van der Waals surface area contributed by atoms with Crippen LogP contribution in [0.5, 0.6) is 0 Å². The topological polar surface area (TPSA) is 60.4 Å². The largest absolute Gasteiger partial charge is 0.466 e. The summed E-state index contributed by atoms with van der Waals surface area (Å²) in [6.07, 6.45) is 10.4. The standard InChI is InChI=1S/C27H42O4/c1-5-19-22-16-18(28)12-14-27(22,4)21-13-15-26(3)17(8-7-9-23(29)31-6-2)10-11-20(26)24(21)25(19)30/h17,19-22,24H,5-16H2,1-4H3/t17-,19-,20?,21?,22?,24?,26?,27?/m0/s1. The van der Waals surface area contributed by atoms with Gasteiger partial charge >= 0.3 is 5.97 Å². The van der Waals surface area contributed by atoms with Gasteiger partial charge in [-0.25, -0.2) is 0 Å². The number of hydrogen-bond acceptors (Lipinski definition) is 4. The fraction of sp³-hybridized carbons (Fsp3) is 0.889. The third-order valence-electron chi connectivity index (χ3n) is 10.4. The molecule has 4 fully saturated rings. The third kappa shape index (κ3) is 3.70. The van der Waals surface area contributed by atoms with Crippen molar-refractivity contribution in [2.24, 2.45) is 46.3 Å². The molecule has 4 aliphatic rings. The summed E-state index contributed by atoms with van der Waals surface area (Å²) in [6, 6.07) is 0. The first kappa shape index (κ1) is 23.0. The second-order valence-electron chi connectivity index (χ2n) is 11.5. The minimum atomic E-state index is -0.0787. The summed E-state index contributed by atoms with van der Waals surface area (Å²) in [6.45, 7) is 9.33. The molecule has 0 amide bonds. The van der Waals surface area contributed by atoms with Crippen LogP contribution in [0.2, 0.25) is 0 Å². The maximum Gasteiger partial charge on any atom is 0.305 e. The average molecular weight is 431 g/mol. The molecule has 31 heavy (non-hydrogen) atoms. The molecule has 0 aromatic heterocycles. The van der Waals surface area contributed by atoms with Gasteiger partial charge in [0, 0.05) is 31.1 Å². The molecule has 0 saturated heterocycles. The van der Waals surface area contributed by atoms with E-state index >= 15 is 0 Å². The second-order valence-corrected chi connectivity index (χ2v) is 11.5. The van der Waals surface area contributed by atoms with Gasteiger partial charge in [-0.3, -0.25) is 14.4 Å². The minimum absolute atomic E-state index is 0.0701.